The number of carbonyl (C=O) groups is 1. The monoisotopic (exact) mass is 436 g/mol. The average Bonchev–Trinajstić information content (AvgIpc) is 3.42. The number of aromatic nitrogens is 2. The first-order valence-electron chi connectivity index (χ1n) is 9.29. The van der Waals surface area contributed by atoms with Gasteiger partial charge >= 0.3 is 6.18 Å². The van der Waals surface area contributed by atoms with Gasteiger partial charge in [0.25, 0.3) is 5.91 Å². The second-order valence-electron chi connectivity index (χ2n) is 6.88. The Bertz CT molecular complexity index is 1080. The number of alkyl halides is 3. The van der Waals surface area contributed by atoms with Gasteiger partial charge in [-0.2, -0.15) is 18.3 Å². The Morgan fingerprint density at radius 1 is 1.29 bits per heavy atom. The molecule has 0 bridgehead atoms. The number of hydrogen-bond donors (Lipinski definition) is 2. The second-order valence-corrected chi connectivity index (χ2v) is 6.88. The van der Waals surface area contributed by atoms with Gasteiger partial charge in [-0.15, -0.1) is 0 Å². The number of anilines is 2. The molecular weight excluding hydrogens is 417 g/mol. The molecule has 0 fully saturated rings. The summed E-state index contributed by atoms with van der Waals surface area (Å²) in [6.07, 6.45) is -2.38. The highest BCUT2D eigenvalue weighted by Gasteiger charge is 2.47. The maximum absolute atomic E-state index is 13.7. The van der Waals surface area contributed by atoms with Crippen molar-refractivity contribution in [2.45, 2.75) is 24.7 Å². The summed E-state index contributed by atoms with van der Waals surface area (Å²) in [5, 5.41) is 9.45. The Morgan fingerprint density at radius 3 is 2.74 bits per heavy atom. The third-order valence-electron chi connectivity index (χ3n) is 5.03. The van der Waals surface area contributed by atoms with Crippen molar-refractivity contribution in [1.29, 1.82) is 0 Å². The van der Waals surface area contributed by atoms with Crippen LogP contribution in [-0.2, 0) is 0 Å². The number of rotatable bonds is 5. The lowest BCUT2D eigenvalue weighted by Crippen LogP contribution is -2.36. The molecule has 2 unspecified atom stereocenters. The van der Waals surface area contributed by atoms with Gasteiger partial charge < -0.3 is 24.5 Å². The first-order valence-corrected chi connectivity index (χ1v) is 9.29. The summed E-state index contributed by atoms with van der Waals surface area (Å²) in [4.78, 5) is 12.9. The molecular formula is C20H19F3N4O4. The summed E-state index contributed by atoms with van der Waals surface area (Å²) >= 11 is 0. The number of carbonyl (C=O) groups excluding carboxylic acids is 1. The lowest BCUT2D eigenvalue weighted by atomic mass is 10.0. The van der Waals surface area contributed by atoms with Gasteiger partial charge in [-0.3, -0.25) is 4.79 Å². The van der Waals surface area contributed by atoms with Gasteiger partial charge in [0.15, 0.2) is 6.04 Å². The van der Waals surface area contributed by atoms with E-state index < -0.39 is 24.2 Å². The molecule has 2 atom stereocenters. The first-order chi connectivity index (χ1) is 14.8. The largest absolute Gasteiger partial charge is 0.497 e. The van der Waals surface area contributed by atoms with Gasteiger partial charge in [0.05, 0.1) is 38.4 Å². The lowest BCUT2D eigenvalue weighted by molar-refractivity contribution is -0.174. The third-order valence-corrected chi connectivity index (χ3v) is 5.03. The Morgan fingerprint density at radius 2 is 2.10 bits per heavy atom. The average molecular weight is 436 g/mol. The number of hydrogen-bond acceptors (Lipinski definition) is 6. The number of halogens is 3. The van der Waals surface area contributed by atoms with Crippen LogP contribution in [0.5, 0.6) is 11.5 Å². The maximum atomic E-state index is 13.7. The maximum Gasteiger partial charge on any atom is 0.410 e. The number of nitrogens with one attached hydrogen (secondary N) is 2. The van der Waals surface area contributed by atoms with Crippen molar-refractivity contribution in [3.63, 3.8) is 0 Å². The molecule has 0 saturated carbocycles. The highest BCUT2D eigenvalue weighted by atomic mass is 19.4. The topological polar surface area (TPSA) is 90.5 Å². The van der Waals surface area contributed by atoms with Crippen molar-refractivity contribution >= 4 is 17.4 Å². The van der Waals surface area contributed by atoms with E-state index in [0.29, 0.717) is 22.9 Å². The fraction of sp³-hybridized carbons (Fsp3) is 0.300. The van der Waals surface area contributed by atoms with Crippen LogP contribution in [0.15, 0.2) is 47.2 Å². The fourth-order valence-electron chi connectivity index (χ4n) is 3.50. The summed E-state index contributed by atoms with van der Waals surface area (Å²) in [6.45, 7) is 0. The SMILES string of the molecule is COc1ccc(NC(=O)c2cnn3c2NC(c2ccco2)CC3C(F)(F)F)c(OC)c1. The Hall–Kier alpha value is -3.63. The molecule has 1 aliphatic heterocycles. The van der Waals surface area contributed by atoms with Crippen molar-refractivity contribution in [3.05, 3.63) is 54.1 Å². The summed E-state index contributed by atoms with van der Waals surface area (Å²) in [7, 11) is 2.92. The van der Waals surface area contributed by atoms with E-state index in [1.165, 1.54) is 20.5 Å². The predicted molar refractivity (Wildman–Crippen MR) is 105 cm³/mol. The van der Waals surface area contributed by atoms with E-state index >= 15 is 0 Å². The van der Waals surface area contributed by atoms with E-state index in [2.05, 4.69) is 15.7 Å². The van der Waals surface area contributed by atoms with E-state index in [1.807, 2.05) is 0 Å². The van der Waals surface area contributed by atoms with Crippen molar-refractivity contribution in [2.24, 2.45) is 0 Å². The van der Waals surface area contributed by atoms with Crippen molar-refractivity contribution in [3.8, 4) is 11.5 Å². The molecule has 0 saturated heterocycles. The molecule has 0 spiro atoms. The van der Waals surface area contributed by atoms with Gasteiger partial charge in [0.1, 0.15) is 28.6 Å². The van der Waals surface area contributed by atoms with Gasteiger partial charge in [-0.05, 0) is 24.3 Å². The molecule has 3 aromatic rings. The Balaban J connectivity index is 1.67. The molecule has 31 heavy (non-hydrogen) atoms. The van der Waals surface area contributed by atoms with Crippen molar-refractivity contribution in [1.82, 2.24) is 9.78 Å². The van der Waals surface area contributed by atoms with Crippen molar-refractivity contribution in [2.75, 3.05) is 24.9 Å². The first kappa shape index (κ1) is 20.6. The van der Waals surface area contributed by atoms with Crippen LogP contribution in [0, 0.1) is 0 Å². The molecule has 2 N–H and O–H groups in total. The summed E-state index contributed by atoms with van der Waals surface area (Å²) in [5.74, 6) is 0.514. The molecule has 0 aliphatic carbocycles. The number of furan rings is 1. The Labute approximate surface area is 174 Å². The standard InChI is InChI=1S/C20H19F3N4O4/c1-29-11-5-6-13(16(8-11)30-2)26-19(28)12-10-24-27-17(20(21,22)23)9-14(25-18(12)27)15-4-3-7-31-15/h3-8,10,14,17,25H,9H2,1-2H3,(H,26,28). The summed E-state index contributed by atoms with van der Waals surface area (Å²) in [5.41, 5.74) is 0.294. The number of nitrogens with zero attached hydrogens (tertiary/aromatic N) is 2. The highest BCUT2D eigenvalue weighted by Crippen LogP contribution is 2.44. The third kappa shape index (κ3) is 3.90. The lowest BCUT2D eigenvalue weighted by Gasteiger charge is -2.32. The van der Waals surface area contributed by atoms with Crippen LogP contribution in [0.4, 0.5) is 24.7 Å². The highest BCUT2D eigenvalue weighted by molar-refractivity contribution is 6.08. The zero-order valence-corrected chi connectivity index (χ0v) is 16.6. The number of benzene rings is 1. The molecule has 11 heteroatoms. The van der Waals surface area contributed by atoms with Crippen LogP contribution in [0.3, 0.4) is 0 Å². The van der Waals surface area contributed by atoms with Gasteiger partial charge in [0.2, 0.25) is 0 Å². The van der Waals surface area contributed by atoms with Crippen LogP contribution in [0.25, 0.3) is 0 Å². The number of amides is 1. The van der Waals surface area contributed by atoms with Crippen LogP contribution in [0.2, 0.25) is 0 Å². The van der Waals surface area contributed by atoms with E-state index in [4.69, 9.17) is 13.9 Å². The van der Waals surface area contributed by atoms with E-state index in [0.717, 1.165) is 10.9 Å². The Kier molecular flexibility index (Phi) is 5.25. The minimum atomic E-state index is -4.55. The van der Waals surface area contributed by atoms with Crippen LogP contribution in [-0.4, -0.2) is 36.1 Å². The molecule has 2 aromatic heterocycles. The van der Waals surface area contributed by atoms with Gasteiger partial charge in [0, 0.05) is 12.5 Å². The number of methoxy groups -OCH3 is 2. The van der Waals surface area contributed by atoms with Crippen LogP contribution >= 0.6 is 0 Å². The molecule has 3 heterocycles. The molecule has 4 rings (SSSR count). The zero-order chi connectivity index (χ0) is 22.2. The molecule has 1 amide bonds. The van der Waals surface area contributed by atoms with E-state index in [-0.39, 0.29) is 17.8 Å². The fourth-order valence-corrected chi connectivity index (χ4v) is 3.50. The summed E-state index contributed by atoms with van der Waals surface area (Å²) < 4.78 is 57.6. The number of fused-ring (bicyclic) bond motifs is 1. The van der Waals surface area contributed by atoms with E-state index in [1.54, 1.807) is 30.3 Å². The minimum absolute atomic E-state index is 0.0385. The zero-order valence-electron chi connectivity index (χ0n) is 16.6. The smallest absolute Gasteiger partial charge is 0.410 e. The predicted octanol–water partition coefficient (Wildman–Crippen LogP) is 4.41. The van der Waals surface area contributed by atoms with Crippen molar-refractivity contribution < 1.29 is 31.9 Å². The molecule has 164 valence electrons. The number of ether oxygens (including phenoxy) is 2. The minimum Gasteiger partial charge on any atom is -0.497 e. The van der Waals surface area contributed by atoms with E-state index in [9.17, 15) is 18.0 Å². The normalized spacial score (nSPS) is 18.1. The molecule has 1 aliphatic rings. The summed E-state index contributed by atoms with van der Waals surface area (Å²) in [6, 6.07) is 5.27. The van der Waals surface area contributed by atoms with Crippen LogP contribution in [0.1, 0.15) is 34.6 Å². The quantitative estimate of drug-likeness (QED) is 0.616. The molecule has 1 aromatic carbocycles. The molecule has 0 radical (unpaired) electrons. The van der Waals surface area contributed by atoms with Crippen LogP contribution < -0.4 is 20.1 Å². The van der Waals surface area contributed by atoms with Gasteiger partial charge in [-0.25, -0.2) is 4.68 Å². The molecule has 8 nitrogen and oxygen atoms in total. The second kappa shape index (κ2) is 7.89. The van der Waals surface area contributed by atoms with Gasteiger partial charge in [-0.1, -0.05) is 0 Å².